The van der Waals surface area contributed by atoms with E-state index in [9.17, 15) is 0 Å². The number of hydrogen-bond donors (Lipinski definition) is 0. The van der Waals surface area contributed by atoms with Crippen LogP contribution in [0.2, 0.25) is 0 Å². The molecule has 0 bridgehead atoms. The molecule has 0 unspecified atom stereocenters. The van der Waals surface area contributed by atoms with Gasteiger partial charge in [-0.15, -0.1) is 22.7 Å². The van der Waals surface area contributed by atoms with Crippen molar-refractivity contribution in [1.29, 1.82) is 0 Å². The lowest BCUT2D eigenvalue weighted by atomic mass is 9.95. The van der Waals surface area contributed by atoms with Gasteiger partial charge in [0, 0.05) is 20.9 Å². The average Bonchev–Trinajstić information content (AvgIpc) is 3.28. The van der Waals surface area contributed by atoms with E-state index >= 15 is 0 Å². The van der Waals surface area contributed by atoms with Crippen molar-refractivity contribution < 1.29 is 0 Å². The van der Waals surface area contributed by atoms with Crippen LogP contribution in [0.15, 0.2) is 48.5 Å². The minimum absolute atomic E-state index is 0.182. The molecule has 3 rings (SSSR count). The fourth-order valence-electron chi connectivity index (χ4n) is 2.52. The van der Waals surface area contributed by atoms with E-state index < -0.39 is 0 Å². The number of hydrogen-bond acceptors (Lipinski definition) is 2. The van der Waals surface area contributed by atoms with Gasteiger partial charge in [-0.05, 0) is 59.4 Å². The molecule has 28 heavy (non-hydrogen) atoms. The van der Waals surface area contributed by atoms with Crippen LogP contribution < -0.4 is 0 Å². The molecule has 0 atom stereocenters. The van der Waals surface area contributed by atoms with E-state index in [0.717, 1.165) is 20.9 Å². The zero-order valence-electron chi connectivity index (χ0n) is 17.4. The van der Waals surface area contributed by atoms with E-state index in [1.54, 1.807) is 22.7 Å². The van der Waals surface area contributed by atoms with Gasteiger partial charge in [-0.25, -0.2) is 0 Å². The van der Waals surface area contributed by atoms with Crippen molar-refractivity contribution in [2.24, 2.45) is 0 Å². The monoisotopic (exact) mass is 402 g/mol. The summed E-state index contributed by atoms with van der Waals surface area (Å²) in [6, 6.07) is 16.8. The summed E-state index contributed by atoms with van der Waals surface area (Å²) >= 11 is 3.55. The highest BCUT2D eigenvalue weighted by molar-refractivity contribution is 7.13. The van der Waals surface area contributed by atoms with E-state index in [2.05, 4.69) is 89.5 Å². The van der Waals surface area contributed by atoms with Crippen LogP contribution in [0, 0.1) is 23.7 Å². The molecule has 0 aliphatic rings. The minimum Gasteiger partial charge on any atom is -0.131 e. The van der Waals surface area contributed by atoms with Crippen LogP contribution in [0.3, 0.4) is 0 Å². The van der Waals surface area contributed by atoms with Gasteiger partial charge in [-0.2, -0.15) is 0 Å². The molecule has 0 spiro atoms. The van der Waals surface area contributed by atoms with Gasteiger partial charge in [0.05, 0.1) is 9.75 Å². The zero-order chi connectivity index (χ0) is 20.4. The Balaban J connectivity index is 1.70. The maximum absolute atomic E-state index is 3.28. The maximum Gasteiger partial charge on any atom is 0.0775 e. The molecule has 2 heteroatoms. The van der Waals surface area contributed by atoms with Crippen LogP contribution in [0.25, 0.3) is 0 Å². The van der Waals surface area contributed by atoms with Crippen molar-refractivity contribution >= 4 is 22.7 Å². The van der Waals surface area contributed by atoms with Gasteiger partial charge in [0.15, 0.2) is 0 Å². The summed E-state index contributed by atoms with van der Waals surface area (Å²) < 4.78 is 0. The summed E-state index contributed by atoms with van der Waals surface area (Å²) in [5, 5.41) is 0. The second kappa shape index (κ2) is 8.00. The average molecular weight is 403 g/mol. The van der Waals surface area contributed by atoms with Crippen LogP contribution in [0.4, 0.5) is 0 Å². The second-order valence-corrected chi connectivity index (χ2v) is 11.1. The Hall–Kier alpha value is -2.26. The predicted molar refractivity (Wildman–Crippen MR) is 124 cm³/mol. The summed E-state index contributed by atoms with van der Waals surface area (Å²) in [4.78, 5) is 4.96. The van der Waals surface area contributed by atoms with Crippen molar-refractivity contribution in [1.82, 2.24) is 0 Å². The minimum atomic E-state index is 0.182. The Morgan fingerprint density at radius 2 is 0.857 bits per heavy atom. The fraction of sp³-hybridized carbons (Fsp3) is 0.308. The largest absolute Gasteiger partial charge is 0.131 e. The standard InChI is InChI=1S/C26H26S2/c1-25(2,3)23-17-15-21(27-23)13-11-19-7-9-20(10-8-19)12-14-22-16-18-24(28-22)26(4,5)6/h7-10,15-18H,1-6H3. The molecule has 0 saturated carbocycles. The van der Waals surface area contributed by atoms with E-state index in [1.165, 1.54) is 9.75 Å². The van der Waals surface area contributed by atoms with Gasteiger partial charge in [0.25, 0.3) is 0 Å². The van der Waals surface area contributed by atoms with Crippen molar-refractivity contribution in [2.45, 2.75) is 52.4 Å². The normalized spacial score (nSPS) is 11.4. The molecular weight excluding hydrogens is 376 g/mol. The molecule has 0 nitrogen and oxygen atoms in total. The molecule has 0 aliphatic heterocycles. The third-order valence-electron chi connectivity index (χ3n) is 4.24. The summed E-state index contributed by atoms with van der Waals surface area (Å²) in [7, 11) is 0. The molecule has 0 N–H and O–H groups in total. The molecule has 0 saturated heterocycles. The summed E-state index contributed by atoms with van der Waals surface area (Å²) in [6.45, 7) is 13.4. The molecule has 3 aromatic rings. The van der Waals surface area contributed by atoms with Crippen LogP contribution in [-0.2, 0) is 10.8 Å². The Morgan fingerprint density at radius 1 is 0.500 bits per heavy atom. The lowest BCUT2D eigenvalue weighted by molar-refractivity contribution is 0.603. The first-order valence-corrected chi connectivity index (χ1v) is 11.1. The Bertz CT molecular complexity index is 981. The molecular formula is C26H26S2. The van der Waals surface area contributed by atoms with E-state index in [-0.39, 0.29) is 10.8 Å². The lowest BCUT2D eigenvalue weighted by Gasteiger charge is -2.14. The molecule has 1 aromatic carbocycles. The predicted octanol–water partition coefficient (Wildman–Crippen LogP) is 7.20. The first-order chi connectivity index (χ1) is 13.1. The molecule has 0 fully saturated rings. The van der Waals surface area contributed by atoms with Gasteiger partial charge in [0.1, 0.15) is 0 Å². The smallest absolute Gasteiger partial charge is 0.0775 e. The quantitative estimate of drug-likeness (QED) is 0.349. The lowest BCUT2D eigenvalue weighted by Crippen LogP contribution is -2.07. The van der Waals surface area contributed by atoms with Gasteiger partial charge in [-0.3, -0.25) is 0 Å². The maximum atomic E-state index is 3.28. The number of rotatable bonds is 0. The molecule has 2 aromatic heterocycles. The van der Waals surface area contributed by atoms with Crippen molar-refractivity contribution in [3.63, 3.8) is 0 Å². The second-order valence-electron chi connectivity index (χ2n) is 8.91. The van der Waals surface area contributed by atoms with Crippen LogP contribution in [0.5, 0.6) is 0 Å². The third kappa shape index (κ3) is 5.39. The molecule has 0 amide bonds. The highest BCUT2D eigenvalue weighted by Gasteiger charge is 2.16. The third-order valence-corrected chi connectivity index (χ3v) is 7.09. The molecule has 0 aliphatic carbocycles. The SMILES string of the molecule is CC(C)(C)c1ccc(C#Cc2ccc(C#Cc3ccc(C(C)(C)C)s3)cc2)s1. The summed E-state index contributed by atoms with van der Waals surface area (Å²) in [6.07, 6.45) is 0. The first-order valence-electron chi connectivity index (χ1n) is 9.46. The van der Waals surface area contributed by atoms with E-state index in [4.69, 9.17) is 0 Å². The van der Waals surface area contributed by atoms with Gasteiger partial charge >= 0.3 is 0 Å². The zero-order valence-corrected chi connectivity index (χ0v) is 19.1. The van der Waals surface area contributed by atoms with Crippen molar-refractivity contribution in [2.75, 3.05) is 0 Å². The van der Waals surface area contributed by atoms with Gasteiger partial charge in [-0.1, -0.05) is 65.2 Å². The van der Waals surface area contributed by atoms with Crippen LogP contribution in [0.1, 0.15) is 72.2 Å². The van der Waals surface area contributed by atoms with E-state index in [0.29, 0.717) is 0 Å². The summed E-state index contributed by atoms with van der Waals surface area (Å²) in [5.74, 6) is 13.1. The van der Waals surface area contributed by atoms with Gasteiger partial charge in [0.2, 0.25) is 0 Å². The Morgan fingerprint density at radius 3 is 1.14 bits per heavy atom. The number of thiophene rings is 2. The number of benzene rings is 1. The first kappa shape index (κ1) is 20.5. The molecule has 0 radical (unpaired) electrons. The molecule has 142 valence electrons. The van der Waals surface area contributed by atoms with Crippen LogP contribution in [-0.4, -0.2) is 0 Å². The van der Waals surface area contributed by atoms with Crippen molar-refractivity contribution in [3.8, 4) is 23.7 Å². The Labute approximate surface area is 177 Å². The van der Waals surface area contributed by atoms with Gasteiger partial charge < -0.3 is 0 Å². The van der Waals surface area contributed by atoms with Crippen molar-refractivity contribution in [3.05, 3.63) is 79.2 Å². The van der Waals surface area contributed by atoms with Crippen LogP contribution >= 0.6 is 22.7 Å². The van der Waals surface area contributed by atoms with E-state index in [1.807, 2.05) is 24.3 Å². The highest BCUT2D eigenvalue weighted by atomic mass is 32.1. The topological polar surface area (TPSA) is 0 Å². The highest BCUT2D eigenvalue weighted by Crippen LogP contribution is 2.29. The fourth-order valence-corrected chi connectivity index (χ4v) is 4.36. The Kier molecular flexibility index (Phi) is 5.85. The molecule has 2 heterocycles. The summed E-state index contributed by atoms with van der Waals surface area (Å²) in [5.41, 5.74) is 2.40.